The summed E-state index contributed by atoms with van der Waals surface area (Å²) in [4.78, 5) is -1.22. The lowest BCUT2D eigenvalue weighted by Crippen LogP contribution is -2.49. The first-order valence-electron chi connectivity index (χ1n) is 4.98. The van der Waals surface area contributed by atoms with E-state index in [2.05, 4.69) is 0 Å². The summed E-state index contributed by atoms with van der Waals surface area (Å²) in [6.07, 6.45) is 0. The molecule has 0 fully saturated rings. The fourth-order valence-corrected chi connectivity index (χ4v) is 2.79. The quantitative estimate of drug-likeness (QED) is 0.884. The number of hydrogen-bond donors (Lipinski definition) is 2. The molecule has 0 saturated heterocycles. The van der Waals surface area contributed by atoms with Gasteiger partial charge in [-0.15, -0.1) is 12.4 Å². The molecule has 0 spiro atoms. The second-order valence-electron chi connectivity index (χ2n) is 4.39. The van der Waals surface area contributed by atoms with Crippen LogP contribution in [0.15, 0.2) is 17.0 Å². The van der Waals surface area contributed by atoms with Crippen molar-refractivity contribution in [3.05, 3.63) is 29.6 Å². The lowest BCUT2D eigenvalue weighted by molar-refractivity contribution is 0.450. The number of halogens is 4. The van der Waals surface area contributed by atoms with Crippen LogP contribution >= 0.6 is 12.4 Å². The zero-order valence-corrected chi connectivity index (χ0v) is 11.8. The van der Waals surface area contributed by atoms with Crippen LogP contribution in [0.4, 0.5) is 13.2 Å². The van der Waals surface area contributed by atoms with Crippen LogP contribution in [-0.2, 0) is 10.0 Å². The molecule has 19 heavy (non-hydrogen) atoms. The Hall–Kier alpha value is -0.830. The molecule has 3 N–H and O–H groups in total. The van der Waals surface area contributed by atoms with Crippen molar-refractivity contribution in [2.75, 3.05) is 6.54 Å². The van der Waals surface area contributed by atoms with E-state index < -0.39 is 37.9 Å². The van der Waals surface area contributed by atoms with E-state index in [9.17, 15) is 21.6 Å². The molecule has 1 aromatic rings. The van der Waals surface area contributed by atoms with Gasteiger partial charge in [-0.25, -0.2) is 26.3 Å². The fraction of sp³-hybridized carbons (Fsp3) is 0.400. The van der Waals surface area contributed by atoms with Gasteiger partial charge >= 0.3 is 0 Å². The minimum atomic E-state index is -4.45. The topological polar surface area (TPSA) is 72.2 Å². The molecule has 1 aromatic carbocycles. The van der Waals surface area contributed by atoms with Gasteiger partial charge in [0.25, 0.3) is 0 Å². The zero-order valence-electron chi connectivity index (χ0n) is 10.2. The Labute approximate surface area is 115 Å². The fourth-order valence-electron chi connectivity index (χ4n) is 1.24. The lowest BCUT2D eigenvalue weighted by atomic mass is 10.1. The van der Waals surface area contributed by atoms with Gasteiger partial charge in [0.2, 0.25) is 10.0 Å². The number of sulfonamides is 1. The molecule has 0 saturated carbocycles. The van der Waals surface area contributed by atoms with Gasteiger partial charge in [0.05, 0.1) is 0 Å². The highest BCUT2D eigenvalue weighted by Crippen LogP contribution is 2.21. The van der Waals surface area contributed by atoms with Gasteiger partial charge < -0.3 is 5.73 Å². The smallest absolute Gasteiger partial charge is 0.246 e. The van der Waals surface area contributed by atoms with E-state index in [-0.39, 0.29) is 19.0 Å². The highest BCUT2D eigenvalue weighted by molar-refractivity contribution is 7.89. The molecule has 0 amide bonds. The van der Waals surface area contributed by atoms with Gasteiger partial charge in [-0.05, 0) is 13.8 Å². The Bertz CT molecular complexity index is 541. The third-order valence-corrected chi connectivity index (χ3v) is 3.90. The van der Waals surface area contributed by atoms with Crippen molar-refractivity contribution in [2.45, 2.75) is 24.3 Å². The van der Waals surface area contributed by atoms with Gasteiger partial charge in [-0.3, -0.25) is 0 Å². The number of rotatable bonds is 4. The molecule has 0 radical (unpaired) electrons. The average molecular weight is 319 g/mol. The van der Waals surface area contributed by atoms with E-state index in [4.69, 9.17) is 5.73 Å². The summed E-state index contributed by atoms with van der Waals surface area (Å²) in [6, 6.07) is 0.597. The van der Waals surface area contributed by atoms with Crippen molar-refractivity contribution in [2.24, 2.45) is 5.73 Å². The maximum atomic E-state index is 13.4. The van der Waals surface area contributed by atoms with Gasteiger partial charge in [0, 0.05) is 24.2 Å². The zero-order chi connectivity index (χ0) is 14.1. The monoisotopic (exact) mass is 318 g/mol. The lowest BCUT2D eigenvalue weighted by Gasteiger charge is -2.24. The molecule has 1 rings (SSSR count). The van der Waals surface area contributed by atoms with Crippen molar-refractivity contribution in [1.82, 2.24) is 4.72 Å². The maximum absolute atomic E-state index is 13.4. The molecular formula is C10H14ClF3N2O2S. The highest BCUT2D eigenvalue weighted by Gasteiger charge is 2.30. The molecule has 0 bridgehead atoms. The number of benzene rings is 1. The van der Waals surface area contributed by atoms with Crippen molar-refractivity contribution >= 4 is 22.4 Å². The Balaban J connectivity index is 0.00000324. The maximum Gasteiger partial charge on any atom is 0.246 e. The normalized spacial score (nSPS) is 12.1. The molecule has 9 heteroatoms. The SMILES string of the molecule is CC(C)(CN)NS(=O)(=O)c1c(F)cc(F)cc1F.Cl. The van der Waals surface area contributed by atoms with E-state index in [1.165, 1.54) is 13.8 Å². The molecule has 0 aliphatic rings. The largest absolute Gasteiger partial charge is 0.329 e. The molecule has 110 valence electrons. The summed E-state index contributed by atoms with van der Waals surface area (Å²) < 4.78 is 65.0. The van der Waals surface area contributed by atoms with Crippen LogP contribution in [0.3, 0.4) is 0 Å². The van der Waals surface area contributed by atoms with E-state index in [1.54, 1.807) is 0 Å². The summed E-state index contributed by atoms with van der Waals surface area (Å²) in [5, 5.41) is 0. The third kappa shape index (κ3) is 4.34. The van der Waals surface area contributed by atoms with Crippen LogP contribution in [0, 0.1) is 17.5 Å². The van der Waals surface area contributed by atoms with Crippen molar-refractivity contribution in [3.63, 3.8) is 0 Å². The van der Waals surface area contributed by atoms with E-state index >= 15 is 0 Å². The first-order valence-corrected chi connectivity index (χ1v) is 6.46. The summed E-state index contributed by atoms with van der Waals surface area (Å²) in [5.74, 6) is -4.18. The van der Waals surface area contributed by atoms with Crippen LogP contribution in [-0.4, -0.2) is 20.5 Å². The van der Waals surface area contributed by atoms with Crippen LogP contribution in [0.5, 0.6) is 0 Å². The van der Waals surface area contributed by atoms with Crippen LogP contribution in [0.1, 0.15) is 13.8 Å². The van der Waals surface area contributed by atoms with E-state index in [0.717, 1.165) is 0 Å². The summed E-state index contributed by atoms with van der Waals surface area (Å²) in [7, 11) is -4.45. The molecule has 0 unspecified atom stereocenters. The standard InChI is InChI=1S/C10H13F3N2O2S.ClH/c1-10(2,5-14)15-18(16,17)9-7(12)3-6(11)4-8(9)13;/h3-4,15H,5,14H2,1-2H3;1H. The summed E-state index contributed by atoms with van der Waals surface area (Å²) in [5.41, 5.74) is 4.24. The summed E-state index contributed by atoms with van der Waals surface area (Å²) >= 11 is 0. The highest BCUT2D eigenvalue weighted by atomic mass is 35.5. The number of hydrogen-bond acceptors (Lipinski definition) is 3. The molecular weight excluding hydrogens is 305 g/mol. The predicted molar refractivity (Wildman–Crippen MR) is 67.0 cm³/mol. The van der Waals surface area contributed by atoms with Gasteiger partial charge in [-0.2, -0.15) is 0 Å². The molecule has 4 nitrogen and oxygen atoms in total. The molecule has 0 atom stereocenters. The Morgan fingerprint density at radius 1 is 1.21 bits per heavy atom. The Morgan fingerprint density at radius 3 is 2.00 bits per heavy atom. The number of nitrogens with two attached hydrogens (primary N) is 1. The minimum Gasteiger partial charge on any atom is -0.329 e. The third-order valence-electron chi connectivity index (χ3n) is 2.15. The molecule has 0 aliphatic heterocycles. The van der Waals surface area contributed by atoms with Crippen LogP contribution in [0.25, 0.3) is 0 Å². The van der Waals surface area contributed by atoms with Crippen molar-refractivity contribution < 1.29 is 21.6 Å². The Kier molecular flexibility index (Phi) is 5.82. The second kappa shape index (κ2) is 6.08. The molecule has 0 heterocycles. The summed E-state index contributed by atoms with van der Waals surface area (Å²) in [6.45, 7) is 2.82. The number of nitrogens with one attached hydrogen (secondary N) is 1. The van der Waals surface area contributed by atoms with Crippen LogP contribution < -0.4 is 10.5 Å². The Morgan fingerprint density at radius 2 is 1.63 bits per heavy atom. The van der Waals surface area contributed by atoms with E-state index in [0.29, 0.717) is 12.1 Å². The first-order chi connectivity index (χ1) is 8.09. The van der Waals surface area contributed by atoms with Gasteiger partial charge in [0.1, 0.15) is 17.5 Å². The second-order valence-corrected chi connectivity index (χ2v) is 6.01. The van der Waals surface area contributed by atoms with Gasteiger partial charge in [0.15, 0.2) is 4.90 Å². The van der Waals surface area contributed by atoms with Gasteiger partial charge in [-0.1, -0.05) is 0 Å². The average Bonchev–Trinajstić information content (AvgIpc) is 2.13. The van der Waals surface area contributed by atoms with Crippen LogP contribution in [0.2, 0.25) is 0 Å². The predicted octanol–water partition coefficient (Wildman–Crippen LogP) is 1.54. The first kappa shape index (κ1) is 18.2. The molecule has 0 aliphatic carbocycles. The van der Waals surface area contributed by atoms with E-state index in [1.807, 2.05) is 4.72 Å². The molecule has 0 aromatic heterocycles. The minimum absolute atomic E-state index is 0. The van der Waals surface area contributed by atoms with Crippen molar-refractivity contribution in [1.29, 1.82) is 0 Å². The van der Waals surface area contributed by atoms with Crippen molar-refractivity contribution in [3.8, 4) is 0 Å².